The third-order valence-corrected chi connectivity index (χ3v) is 0.926. The van der Waals surface area contributed by atoms with Crippen molar-refractivity contribution in [3.63, 3.8) is 0 Å². The molecule has 0 rings (SSSR count). The lowest BCUT2D eigenvalue weighted by Gasteiger charge is -2.21. The van der Waals surface area contributed by atoms with E-state index in [1.54, 1.807) is 0 Å². The average molecular weight is 175 g/mol. The van der Waals surface area contributed by atoms with Crippen molar-refractivity contribution in [1.29, 1.82) is 0 Å². The number of hydrazine groups is 1. The van der Waals surface area contributed by atoms with Crippen molar-refractivity contribution in [2.45, 2.75) is 20.8 Å². The summed E-state index contributed by atoms with van der Waals surface area (Å²) in [7, 11) is 7.76. The van der Waals surface area contributed by atoms with Gasteiger partial charge in [-0.1, -0.05) is 20.8 Å². The van der Waals surface area contributed by atoms with Crippen LogP contribution in [0.2, 0.25) is 0 Å². The lowest BCUT2D eigenvalue weighted by molar-refractivity contribution is 0.231. The molecule has 3 nitrogen and oxygen atoms in total. The summed E-state index contributed by atoms with van der Waals surface area (Å²) in [4.78, 5) is 0. The molecule has 0 radical (unpaired) electrons. The quantitative estimate of drug-likeness (QED) is 0.612. The molecule has 12 heavy (non-hydrogen) atoms. The van der Waals surface area contributed by atoms with E-state index in [4.69, 9.17) is 0 Å². The zero-order chi connectivity index (χ0) is 10.2. The van der Waals surface area contributed by atoms with E-state index in [1.165, 1.54) is 0 Å². The van der Waals surface area contributed by atoms with Crippen molar-refractivity contribution in [3.05, 3.63) is 0 Å². The van der Waals surface area contributed by atoms with Crippen molar-refractivity contribution in [3.8, 4) is 0 Å². The number of nitrogens with one attached hydrogen (secondary N) is 2. The summed E-state index contributed by atoms with van der Waals surface area (Å²) in [6.45, 7) is 7.66. The van der Waals surface area contributed by atoms with Gasteiger partial charge in [0.2, 0.25) is 0 Å². The van der Waals surface area contributed by atoms with E-state index in [-0.39, 0.29) is 0 Å². The van der Waals surface area contributed by atoms with Crippen molar-refractivity contribution >= 4 is 0 Å². The van der Waals surface area contributed by atoms with Crippen LogP contribution in [0.4, 0.5) is 0 Å². The van der Waals surface area contributed by atoms with Crippen LogP contribution in [0.3, 0.4) is 0 Å². The topological polar surface area (TPSA) is 27.3 Å². The molecule has 0 aromatic rings. The first kappa shape index (κ1) is 14.4. The van der Waals surface area contributed by atoms with Gasteiger partial charge in [-0.2, -0.15) is 0 Å². The molecule has 2 N–H and O–H groups in total. The fourth-order valence-corrected chi connectivity index (χ4v) is 0.395. The van der Waals surface area contributed by atoms with Crippen molar-refractivity contribution in [2.75, 3.05) is 34.7 Å². The molecule has 0 amide bonds. The van der Waals surface area contributed by atoms with Gasteiger partial charge in [0.25, 0.3) is 0 Å². The molecule has 0 aliphatic carbocycles. The van der Waals surface area contributed by atoms with Crippen LogP contribution in [-0.2, 0) is 0 Å². The molecule has 0 saturated carbocycles. The Morgan fingerprint density at radius 2 is 1.42 bits per heavy atom. The molecular weight excluding hydrogens is 150 g/mol. The third-order valence-electron chi connectivity index (χ3n) is 0.926. The molecular formula is C9H25N3. The van der Waals surface area contributed by atoms with Gasteiger partial charge in [0.15, 0.2) is 0 Å². The number of rotatable bonds is 2. The highest BCUT2D eigenvalue weighted by molar-refractivity contribution is 4.62. The molecule has 0 aliphatic rings. The van der Waals surface area contributed by atoms with Gasteiger partial charge in [0.05, 0.1) is 0 Å². The predicted molar refractivity (Wildman–Crippen MR) is 56.1 cm³/mol. The van der Waals surface area contributed by atoms with Crippen molar-refractivity contribution in [1.82, 2.24) is 15.8 Å². The molecule has 3 heteroatoms. The first-order valence-electron chi connectivity index (χ1n) is 4.33. The van der Waals surface area contributed by atoms with E-state index in [0.717, 1.165) is 6.54 Å². The summed E-state index contributed by atoms with van der Waals surface area (Å²) in [6.07, 6.45) is 0. The summed E-state index contributed by atoms with van der Waals surface area (Å²) >= 11 is 0. The maximum atomic E-state index is 3.22. The summed E-state index contributed by atoms with van der Waals surface area (Å²) in [6, 6.07) is 0. The van der Waals surface area contributed by atoms with Gasteiger partial charge >= 0.3 is 0 Å². The van der Waals surface area contributed by atoms with Crippen LogP contribution in [0.25, 0.3) is 0 Å². The van der Waals surface area contributed by atoms with Crippen LogP contribution in [0.5, 0.6) is 0 Å². The van der Waals surface area contributed by atoms with Crippen LogP contribution in [-0.4, -0.2) is 39.7 Å². The first-order valence-corrected chi connectivity index (χ1v) is 4.33. The van der Waals surface area contributed by atoms with Gasteiger partial charge in [-0.25, -0.2) is 0 Å². The molecule has 0 aromatic heterocycles. The molecule has 0 bridgehead atoms. The molecule has 0 heterocycles. The third kappa shape index (κ3) is 22.5. The molecule has 0 spiro atoms. The van der Waals surface area contributed by atoms with Gasteiger partial charge in [-0.05, 0) is 19.5 Å². The SMILES string of the molecule is CN(C)NCC(C)(C)C.CNC. The molecule has 0 aliphatic heterocycles. The van der Waals surface area contributed by atoms with Gasteiger partial charge in [0.1, 0.15) is 0 Å². The van der Waals surface area contributed by atoms with Gasteiger partial charge in [0, 0.05) is 20.6 Å². The Kier molecular flexibility index (Phi) is 9.03. The maximum Gasteiger partial charge on any atom is 0.0151 e. The summed E-state index contributed by atoms with van der Waals surface area (Å²) in [5, 5.41) is 4.73. The average Bonchev–Trinajstić information content (AvgIpc) is 1.84. The Morgan fingerprint density at radius 1 is 1.08 bits per heavy atom. The lowest BCUT2D eigenvalue weighted by Crippen LogP contribution is -2.36. The smallest absolute Gasteiger partial charge is 0.0151 e. The van der Waals surface area contributed by atoms with E-state index < -0.39 is 0 Å². The highest BCUT2D eigenvalue weighted by Gasteiger charge is 2.08. The molecule has 0 fully saturated rings. The normalized spacial score (nSPS) is 11.0. The number of nitrogens with zero attached hydrogens (tertiary/aromatic N) is 1. The van der Waals surface area contributed by atoms with Crippen LogP contribution in [0.1, 0.15) is 20.8 Å². The monoisotopic (exact) mass is 175 g/mol. The van der Waals surface area contributed by atoms with Crippen LogP contribution < -0.4 is 10.7 Å². The molecule has 76 valence electrons. The standard InChI is InChI=1S/C7H18N2.C2H7N/c1-7(2,3)6-8-9(4)5;1-3-2/h8H,6H2,1-5H3;3H,1-2H3. The molecule has 0 unspecified atom stereocenters. The van der Waals surface area contributed by atoms with Crippen molar-refractivity contribution < 1.29 is 0 Å². The Morgan fingerprint density at radius 3 is 1.50 bits per heavy atom. The highest BCUT2D eigenvalue weighted by atomic mass is 15.5. The zero-order valence-electron chi connectivity index (χ0n) is 9.65. The molecule has 0 saturated heterocycles. The summed E-state index contributed by atoms with van der Waals surface area (Å²) in [5.74, 6) is 0. The second-order valence-corrected chi connectivity index (χ2v) is 4.29. The van der Waals surface area contributed by atoms with Gasteiger partial charge < -0.3 is 5.32 Å². The van der Waals surface area contributed by atoms with Crippen molar-refractivity contribution in [2.24, 2.45) is 5.41 Å². The van der Waals surface area contributed by atoms with E-state index >= 15 is 0 Å². The van der Waals surface area contributed by atoms with E-state index in [2.05, 4.69) is 31.5 Å². The van der Waals surface area contributed by atoms with Gasteiger partial charge in [-0.15, -0.1) is 0 Å². The Bertz CT molecular complexity index is 84.3. The van der Waals surface area contributed by atoms with E-state index in [9.17, 15) is 0 Å². The summed E-state index contributed by atoms with van der Waals surface area (Å²) in [5.41, 5.74) is 3.60. The number of hydrogen-bond donors (Lipinski definition) is 2. The first-order chi connectivity index (χ1) is 5.33. The fraction of sp³-hybridized carbons (Fsp3) is 1.00. The summed E-state index contributed by atoms with van der Waals surface area (Å²) < 4.78 is 0. The Hall–Kier alpha value is -0.120. The fourth-order valence-electron chi connectivity index (χ4n) is 0.395. The minimum atomic E-state index is 0.379. The molecule has 0 aromatic carbocycles. The Balaban J connectivity index is 0. The van der Waals surface area contributed by atoms with E-state index in [0.29, 0.717) is 5.41 Å². The number of hydrogen-bond acceptors (Lipinski definition) is 3. The minimum absolute atomic E-state index is 0.379. The van der Waals surface area contributed by atoms with Crippen LogP contribution in [0.15, 0.2) is 0 Å². The largest absolute Gasteiger partial charge is 0.323 e. The molecule has 0 atom stereocenters. The Labute approximate surface area is 77.5 Å². The minimum Gasteiger partial charge on any atom is -0.323 e. The lowest BCUT2D eigenvalue weighted by atomic mass is 9.97. The zero-order valence-corrected chi connectivity index (χ0v) is 9.65. The van der Waals surface area contributed by atoms with Gasteiger partial charge in [-0.3, -0.25) is 10.4 Å². The second-order valence-electron chi connectivity index (χ2n) is 4.29. The predicted octanol–water partition coefficient (Wildman–Crippen LogP) is 0.934. The van der Waals surface area contributed by atoms with Crippen LogP contribution >= 0.6 is 0 Å². The van der Waals surface area contributed by atoms with Crippen LogP contribution in [0, 0.1) is 5.41 Å². The highest BCUT2D eigenvalue weighted by Crippen LogP contribution is 2.09. The second kappa shape index (κ2) is 7.53. The maximum absolute atomic E-state index is 3.22. The van der Waals surface area contributed by atoms with E-state index in [1.807, 2.05) is 33.2 Å².